The summed E-state index contributed by atoms with van der Waals surface area (Å²) in [5, 5.41) is 12.8. The number of carbonyl (C=O) groups is 1. The predicted molar refractivity (Wildman–Crippen MR) is 126 cm³/mol. The molecule has 2 aromatic heterocycles. The highest BCUT2D eigenvalue weighted by molar-refractivity contribution is 5.95. The highest BCUT2D eigenvalue weighted by Gasteiger charge is 2.24. The summed E-state index contributed by atoms with van der Waals surface area (Å²) in [4.78, 5) is 26.4. The highest BCUT2D eigenvalue weighted by atomic mass is 16.2. The molecule has 4 aromatic rings. The Morgan fingerprint density at radius 1 is 1.03 bits per heavy atom. The zero-order valence-electron chi connectivity index (χ0n) is 19.0. The van der Waals surface area contributed by atoms with Gasteiger partial charge in [-0.15, -0.1) is 0 Å². The normalized spacial score (nSPS) is 12.2. The van der Waals surface area contributed by atoms with E-state index in [1.54, 1.807) is 11.6 Å². The lowest BCUT2D eigenvalue weighted by atomic mass is 10.1. The third-order valence-electron chi connectivity index (χ3n) is 5.88. The van der Waals surface area contributed by atoms with Crippen molar-refractivity contribution in [3.63, 3.8) is 0 Å². The average Bonchev–Trinajstić information content (AvgIpc) is 3.15. The quantitative estimate of drug-likeness (QED) is 0.514. The molecule has 2 aromatic carbocycles. The highest BCUT2D eigenvalue weighted by Crippen LogP contribution is 2.24. The van der Waals surface area contributed by atoms with Gasteiger partial charge in [0, 0.05) is 5.69 Å². The van der Waals surface area contributed by atoms with Crippen LogP contribution in [-0.4, -0.2) is 25.5 Å². The van der Waals surface area contributed by atoms with Gasteiger partial charge in [-0.1, -0.05) is 43.3 Å². The molecule has 0 bridgehead atoms. The van der Waals surface area contributed by atoms with E-state index in [1.165, 1.54) is 4.68 Å². The standard InChI is InChI=1S/C25H27N5O2/c1-6-19-12-10-11-15(2)22(19)26-24(31)18(5)30-25(32)23-21(16(3)27-30)17(4)29(28-23)20-13-8-7-9-14-20/h7-14,18H,6H2,1-5H3,(H,26,31)/t18-/m1/s1. The van der Waals surface area contributed by atoms with E-state index in [0.29, 0.717) is 11.2 Å². The number of nitrogens with one attached hydrogen (secondary N) is 1. The number of rotatable bonds is 5. The molecule has 0 aliphatic carbocycles. The number of hydrogen-bond acceptors (Lipinski definition) is 4. The maximum atomic E-state index is 13.3. The minimum Gasteiger partial charge on any atom is -0.324 e. The maximum absolute atomic E-state index is 13.3. The summed E-state index contributed by atoms with van der Waals surface area (Å²) in [5.74, 6) is -0.290. The molecule has 0 spiro atoms. The van der Waals surface area contributed by atoms with Gasteiger partial charge in [-0.3, -0.25) is 9.59 Å². The molecule has 0 radical (unpaired) electrons. The average molecular weight is 430 g/mol. The van der Waals surface area contributed by atoms with Crippen LogP contribution in [0, 0.1) is 20.8 Å². The molecular weight excluding hydrogens is 402 g/mol. The lowest BCUT2D eigenvalue weighted by Gasteiger charge is -2.18. The molecule has 0 fully saturated rings. The fraction of sp³-hybridized carbons (Fsp3) is 0.280. The van der Waals surface area contributed by atoms with Crippen molar-refractivity contribution in [3.05, 3.63) is 81.4 Å². The molecule has 164 valence electrons. The second kappa shape index (κ2) is 8.42. The van der Waals surface area contributed by atoms with Gasteiger partial charge in [0.15, 0.2) is 5.52 Å². The van der Waals surface area contributed by atoms with Crippen LogP contribution in [0.1, 0.15) is 42.4 Å². The summed E-state index contributed by atoms with van der Waals surface area (Å²) in [6, 6.07) is 14.8. The van der Waals surface area contributed by atoms with Crippen molar-refractivity contribution in [1.29, 1.82) is 0 Å². The number of fused-ring (bicyclic) bond motifs is 1. The second-order valence-corrected chi connectivity index (χ2v) is 8.02. The molecule has 0 saturated heterocycles. The van der Waals surface area contributed by atoms with Gasteiger partial charge in [0.2, 0.25) is 5.91 Å². The van der Waals surface area contributed by atoms with Gasteiger partial charge in [0.05, 0.1) is 22.5 Å². The second-order valence-electron chi connectivity index (χ2n) is 8.02. The predicted octanol–water partition coefficient (Wildman–Crippen LogP) is 4.27. The van der Waals surface area contributed by atoms with E-state index < -0.39 is 6.04 Å². The van der Waals surface area contributed by atoms with Gasteiger partial charge in [0.1, 0.15) is 6.04 Å². The van der Waals surface area contributed by atoms with Crippen LogP contribution in [-0.2, 0) is 11.2 Å². The first kappa shape index (κ1) is 21.5. The van der Waals surface area contributed by atoms with Crippen LogP contribution in [0.15, 0.2) is 53.3 Å². The van der Waals surface area contributed by atoms with Crippen molar-refractivity contribution in [1.82, 2.24) is 19.6 Å². The van der Waals surface area contributed by atoms with Crippen molar-refractivity contribution in [2.24, 2.45) is 0 Å². The fourth-order valence-electron chi connectivity index (χ4n) is 4.07. The van der Waals surface area contributed by atoms with E-state index in [2.05, 4.69) is 15.5 Å². The molecule has 4 rings (SSSR count). The number of aryl methyl sites for hydroxylation is 4. The van der Waals surface area contributed by atoms with Gasteiger partial charge in [-0.05, 0) is 57.4 Å². The van der Waals surface area contributed by atoms with Crippen LogP contribution < -0.4 is 10.9 Å². The van der Waals surface area contributed by atoms with E-state index in [-0.39, 0.29) is 11.5 Å². The minimum absolute atomic E-state index is 0.290. The van der Waals surface area contributed by atoms with Crippen molar-refractivity contribution in [2.45, 2.75) is 47.1 Å². The summed E-state index contributed by atoms with van der Waals surface area (Å²) < 4.78 is 2.98. The van der Waals surface area contributed by atoms with Crippen LogP contribution in [0.5, 0.6) is 0 Å². The number of anilines is 1. The number of para-hydroxylation sites is 2. The Morgan fingerprint density at radius 2 is 1.75 bits per heavy atom. The number of amides is 1. The van der Waals surface area contributed by atoms with E-state index in [9.17, 15) is 9.59 Å². The van der Waals surface area contributed by atoms with E-state index in [4.69, 9.17) is 0 Å². The molecule has 1 atom stereocenters. The topological polar surface area (TPSA) is 81.8 Å². The van der Waals surface area contributed by atoms with Crippen molar-refractivity contribution >= 4 is 22.5 Å². The number of carbonyl (C=O) groups excluding carboxylic acids is 1. The minimum atomic E-state index is -0.794. The van der Waals surface area contributed by atoms with Gasteiger partial charge in [0.25, 0.3) is 5.56 Å². The van der Waals surface area contributed by atoms with Crippen LogP contribution in [0.25, 0.3) is 16.6 Å². The Balaban J connectivity index is 1.76. The largest absolute Gasteiger partial charge is 0.324 e. The Hall–Kier alpha value is -3.74. The zero-order valence-corrected chi connectivity index (χ0v) is 19.0. The summed E-state index contributed by atoms with van der Waals surface area (Å²) in [7, 11) is 0. The SMILES string of the molecule is CCc1cccc(C)c1NC(=O)[C@@H](C)n1nc(C)c2c(C)n(-c3ccccc3)nc2c1=O. The van der Waals surface area contributed by atoms with E-state index >= 15 is 0 Å². The monoisotopic (exact) mass is 429 g/mol. The first-order valence-corrected chi connectivity index (χ1v) is 10.8. The Bertz CT molecular complexity index is 1370. The lowest BCUT2D eigenvalue weighted by molar-refractivity contribution is -0.119. The number of benzene rings is 2. The molecule has 2 heterocycles. The van der Waals surface area contributed by atoms with Crippen LogP contribution in [0.4, 0.5) is 5.69 Å². The summed E-state index contributed by atoms with van der Waals surface area (Å²) >= 11 is 0. The third kappa shape index (κ3) is 3.60. The van der Waals surface area contributed by atoms with E-state index in [1.807, 2.05) is 76.2 Å². The zero-order chi connectivity index (χ0) is 23.0. The van der Waals surface area contributed by atoms with Gasteiger partial charge >= 0.3 is 0 Å². The molecule has 7 heteroatoms. The third-order valence-corrected chi connectivity index (χ3v) is 5.88. The molecule has 1 N–H and O–H groups in total. The molecule has 0 aliphatic rings. The van der Waals surface area contributed by atoms with E-state index in [0.717, 1.165) is 40.0 Å². The Morgan fingerprint density at radius 3 is 2.44 bits per heavy atom. The van der Waals surface area contributed by atoms with Gasteiger partial charge in [-0.2, -0.15) is 10.2 Å². The molecule has 0 saturated carbocycles. The van der Waals surface area contributed by atoms with Crippen LogP contribution >= 0.6 is 0 Å². The molecule has 32 heavy (non-hydrogen) atoms. The van der Waals surface area contributed by atoms with Crippen LogP contribution in [0.2, 0.25) is 0 Å². The molecule has 0 unspecified atom stereocenters. The Labute approximate surface area is 186 Å². The number of hydrogen-bond donors (Lipinski definition) is 1. The van der Waals surface area contributed by atoms with Crippen molar-refractivity contribution in [2.75, 3.05) is 5.32 Å². The number of nitrogens with zero attached hydrogens (tertiary/aromatic N) is 4. The Kier molecular flexibility index (Phi) is 5.65. The molecule has 0 aliphatic heterocycles. The van der Waals surface area contributed by atoms with Crippen LogP contribution in [0.3, 0.4) is 0 Å². The summed E-state index contributed by atoms with van der Waals surface area (Å²) in [5.41, 5.74) is 5.11. The molecule has 1 amide bonds. The van der Waals surface area contributed by atoms with Gasteiger partial charge in [-0.25, -0.2) is 9.36 Å². The summed E-state index contributed by atoms with van der Waals surface area (Å²) in [6.07, 6.45) is 0.797. The first-order valence-electron chi connectivity index (χ1n) is 10.8. The first-order chi connectivity index (χ1) is 15.3. The summed E-state index contributed by atoms with van der Waals surface area (Å²) in [6.45, 7) is 9.44. The lowest BCUT2D eigenvalue weighted by Crippen LogP contribution is -2.34. The fourth-order valence-corrected chi connectivity index (χ4v) is 4.07. The molecular formula is C25H27N5O2. The number of aromatic nitrogens is 4. The maximum Gasteiger partial charge on any atom is 0.295 e. The van der Waals surface area contributed by atoms with Crippen molar-refractivity contribution in [3.8, 4) is 5.69 Å². The smallest absolute Gasteiger partial charge is 0.295 e. The molecule has 7 nitrogen and oxygen atoms in total. The van der Waals surface area contributed by atoms with Crippen molar-refractivity contribution < 1.29 is 4.79 Å². The van der Waals surface area contributed by atoms with Gasteiger partial charge < -0.3 is 5.32 Å².